The molecule has 0 atom stereocenters. The zero-order valence-electron chi connectivity index (χ0n) is 14.6. The number of sulfonamides is 1. The van der Waals surface area contributed by atoms with Gasteiger partial charge in [-0.2, -0.15) is 0 Å². The average molecular weight is 415 g/mol. The largest absolute Gasteiger partial charge is 0.493 e. The number of rotatable bonds is 8. The lowest BCUT2D eigenvalue weighted by molar-refractivity contribution is 0.0694. The van der Waals surface area contributed by atoms with Crippen LogP contribution in [-0.2, 0) is 16.4 Å². The highest BCUT2D eigenvalue weighted by atomic mass is 32.2. The summed E-state index contributed by atoms with van der Waals surface area (Å²) in [4.78, 5) is 24.0. The second-order valence-electron chi connectivity index (χ2n) is 5.24. The number of ether oxygens (including phenoxy) is 3. The lowest BCUT2D eigenvalue weighted by Gasteiger charge is -2.17. The van der Waals surface area contributed by atoms with Gasteiger partial charge in [-0.1, -0.05) is 0 Å². The fourth-order valence-electron chi connectivity index (χ4n) is 2.55. The van der Waals surface area contributed by atoms with Crippen LogP contribution in [0.1, 0.15) is 25.6 Å². The Bertz CT molecular complexity index is 994. The van der Waals surface area contributed by atoms with Gasteiger partial charge >= 0.3 is 5.97 Å². The van der Waals surface area contributed by atoms with Gasteiger partial charge in [0, 0.05) is 12.0 Å². The Morgan fingerprint density at radius 3 is 2.26 bits per heavy atom. The molecule has 27 heavy (non-hydrogen) atoms. The zero-order chi connectivity index (χ0) is 20.4. The molecule has 2 aromatic rings. The number of hydrogen-bond donors (Lipinski definition) is 2. The molecule has 0 aliphatic carbocycles. The van der Waals surface area contributed by atoms with Crippen molar-refractivity contribution in [3.05, 3.63) is 33.5 Å². The number of nitrogens with two attached hydrogens (primary N) is 1. The van der Waals surface area contributed by atoms with Crippen LogP contribution < -0.4 is 19.3 Å². The Hall–Kier alpha value is -2.63. The number of methoxy groups -OCH3 is 3. The number of benzene rings is 1. The van der Waals surface area contributed by atoms with Crippen molar-refractivity contribution >= 4 is 33.1 Å². The quantitative estimate of drug-likeness (QED) is 0.618. The molecule has 0 aliphatic rings. The van der Waals surface area contributed by atoms with E-state index >= 15 is 0 Å². The molecule has 1 heterocycles. The third-order valence-electron chi connectivity index (χ3n) is 3.69. The molecule has 1 aromatic heterocycles. The molecule has 11 heteroatoms. The maximum atomic E-state index is 12.7. The molecule has 0 saturated carbocycles. The van der Waals surface area contributed by atoms with Crippen LogP contribution in [0.3, 0.4) is 0 Å². The first-order chi connectivity index (χ1) is 12.6. The Morgan fingerprint density at radius 2 is 1.78 bits per heavy atom. The fraction of sp³-hybridized carbons (Fsp3) is 0.250. The van der Waals surface area contributed by atoms with E-state index in [1.807, 2.05) is 0 Å². The molecule has 0 bridgehead atoms. The molecule has 0 saturated heterocycles. The minimum Gasteiger partial charge on any atom is -0.493 e. The number of carbonyl (C=O) groups is 2. The first-order valence-electron chi connectivity index (χ1n) is 7.34. The summed E-state index contributed by atoms with van der Waals surface area (Å²) in [5.74, 6) is -1.69. The molecule has 0 spiro atoms. The van der Waals surface area contributed by atoms with Crippen molar-refractivity contribution in [2.75, 3.05) is 21.3 Å². The van der Waals surface area contributed by atoms with Crippen molar-refractivity contribution in [2.45, 2.75) is 11.3 Å². The lowest BCUT2D eigenvalue weighted by Crippen LogP contribution is -2.17. The molecule has 2 rings (SSSR count). The summed E-state index contributed by atoms with van der Waals surface area (Å²) in [5, 5.41) is 16.1. The Morgan fingerprint density at radius 1 is 1.15 bits per heavy atom. The van der Waals surface area contributed by atoms with Crippen LogP contribution in [0, 0.1) is 0 Å². The van der Waals surface area contributed by atoms with Gasteiger partial charge in [-0.25, -0.2) is 18.4 Å². The van der Waals surface area contributed by atoms with Crippen LogP contribution in [0.2, 0.25) is 0 Å². The number of Topliss-reactive ketones (excluding diaryl/α,β-unsaturated/α-hetero) is 1. The molecule has 9 nitrogen and oxygen atoms in total. The molecule has 0 radical (unpaired) electrons. The van der Waals surface area contributed by atoms with E-state index in [1.54, 1.807) is 0 Å². The smallest absolute Gasteiger partial charge is 0.336 e. The third kappa shape index (κ3) is 4.04. The standard InChI is InChI=1S/C16H17NO8S2/c1-23-11-7-9(16(19)20)8(13(24-2)14(11)25-3)6-10(18)15-12(4-5-26-15)27(17,21)22/h4-5,7H,6H2,1-3H3,(H,19,20)(H2,17,21,22). The number of carboxylic acids is 1. The minimum atomic E-state index is -4.10. The number of primary sulfonamides is 1. The Labute approximate surface area is 159 Å². The summed E-state index contributed by atoms with van der Waals surface area (Å²) < 4.78 is 38.9. The summed E-state index contributed by atoms with van der Waals surface area (Å²) in [6, 6.07) is 2.43. The first kappa shape index (κ1) is 20.7. The highest BCUT2D eigenvalue weighted by Crippen LogP contribution is 2.42. The molecule has 0 unspecified atom stereocenters. The van der Waals surface area contributed by atoms with E-state index in [-0.39, 0.29) is 38.1 Å². The SMILES string of the molecule is COc1cc(C(=O)O)c(CC(=O)c2sccc2S(N)(=O)=O)c(OC)c1OC. The third-order valence-corrected chi connectivity index (χ3v) is 5.73. The maximum Gasteiger partial charge on any atom is 0.336 e. The predicted molar refractivity (Wildman–Crippen MR) is 96.8 cm³/mol. The van der Waals surface area contributed by atoms with Crippen molar-refractivity contribution in [1.82, 2.24) is 0 Å². The van der Waals surface area contributed by atoms with Gasteiger partial charge in [-0.3, -0.25) is 4.79 Å². The second kappa shape index (κ2) is 7.94. The van der Waals surface area contributed by atoms with Crippen LogP contribution in [0.15, 0.2) is 22.4 Å². The summed E-state index contributed by atoms with van der Waals surface area (Å²) in [6.45, 7) is 0. The van der Waals surface area contributed by atoms with Crippen LogP contribution in [-0.4, -0.2) is 46.6 Å². The normalized spacial score (nSPS) is 11.1. The van der Waals surface area contributed by atoms with E-state index in [0.717, 1.165) is 11.3 Å². The average Bonchev–Trinajstić information content (AvgIpc) is 3.10. The van der Waals surface area contributed by atoms with Gasteiger partial charge in [-0.15, -0.1) is 11.3 Å². The van der Waals surface area contributed by atoms with E-state index in [9.17, 15) is 23.1 Å². The minimum absolute atomic E-state index is 0.0105. The molecule has 0 fully saturated rings. The number of carbonyl (C=O) groups excluding carboxylic acids is 1. The van der Waals surface area contributed by atoms with E-state index in [0.29, 0.717) is 0 Å². The van der Waals surface area contributed by atoms with Crippen LogP contribution >= 0.6 is 11.3 Å². The molecule has 1 aromatic carbocycles. The molecular weight excluding hydrogens is 398 g/mol. The number of ketones is 1. The topological polar surface area (TPSA) is 142 Å². The monoisotopic (exact) mass is 415 g/mol. The summed E-state index contributed by atoms with van der Waals surface area (Å²) in [6.07, 6.45) is -0.436. The van der Waals surface area contributed by atoms with Crippen LogP contribution in [0.25, 0.3) is 0 Å². The maximum absolute atomic E-state index is 12.7. The highest BCUT2D eigenvalue weighted by molar-refractivity contribution is 7.89. The molecule has 0 amide bonds. The number of aromatic carboxylic acids is 1. The van der Waals surface area contributed by atoms with Gasteiger partial charge < -0.3 is 19.3 Å². The predicted octanol–water partition coefficient (Wildman–Crippen LogP) is 1.54. The van der Waals surface area contributed by atoms with E-state index in [1.165, 1.54) is 38.8 Å². The lowest BCUT2D eigenvalue weighted by atomic mass is 9.99. The fourth-order valence-corrected chi connectivity index (χ4v) is 4.48. The van der Waals surface area contributed by atoms with Crippen LogP contribution in [0.4, 0.5) is 0 Å². The van der Waals surface area contributed by atoms with Gasteiger partial charge in [0.05, 0.1) is 31.8 Å². The summed E-state index contributed by atoms with van der Waals surface area (Å²) in [7, 11) is -0.137. The molecular formula is C16H17NO8S2. The van der Waals surface area contributed by atoms with Gasteiger partial charge in [0.1, 0.15) is 4.90 Å². The van der Waals surface area contributed by atoms with Gasteiger partial charge in [0.25, 0.3) is 0 Å². The van der Waals surface area contributed by atoms with E-state index in [4.69, 9.17) is 19.3 Å². The van der Waals surface area contributed by atoms with Gasteiger partial charge in [-0.05, 0) is 17.5 Å². The van der Waals surface area contributed by atoms with Gasteiger partial charge in [0.2, 0.25) is 15.8 Å². The van der Waals surface area contributed by atoms with Crippen molar-refractivity contribution in [3.63, 3.8) is 0 Å². The number of carboxylic acid groups (broad SMARTS) is 1. The van der Waals surface area contributed by atoms with E-state index in [2.05, 4.69) is 0 Å². The Kier molecular flexibility index (Phi) is 6.08. The molecule has 146 valence electrons. The zero-order valence-corrected chi connectivity index (χ0v) is 16.3. The summed E-state index contributed by atoms with van der Waals surface area (Å²) >= 11 is 0.896. The van der Waals surface area contributed by atoms with Crippen molar-refractivity contribution in [1.29, 1.82) is 0 Å². The number of thiophene rings is 1. The highest BCUT2D eigenvalue weighted by Gasteiger charge is 2.28. The Balaban J connectivity index is 2.63. The van der Waals surface area contributed by atoms with Crippen molar-refractivity contribution < 1.29 is 37.3 Å². The van der Waals surface area contributed by atoms with Crippen molar-refractivity contribution in [3.8, 4) is 17.2 Å². The number of hydrogen-bond acceptors (Lipinski definition) is 8. The molecule has 0 aliphatic heterocycles. The van der Waals surface area contributed by atoms with Crippen molar-refractivity contribution in [2.24, 2.45) is 5.14 Å². The first-order valence-corrected chi connectivity index (χ1v) is 9.76. The second-order valence-corrected chi connectivity index (χ2v) is 7.68. The molecule has 3 N–H and O–H groups in total. The van der Waals surface area contributed by atoms with E-state index < -0.39 is 28.2 Å². The van der Waals surface area contributed by atoms with Crippen LogP contribution in [0.5, 0.6) is 17.2 Å². The van der Waals surface area contributed by atoms with Gasteiger partial charge in [0.15, 0.2) is 17.3 Å². The summed E-state index contributed by atoms with van der Waals surface area (Å²) in [5.41, 5.74) is -0.201.